The number of hydrogen-bond donors (Lipinski definition) is 2. The van der Waals surface area contributed by atoms with Crippen molar-refractivity contribution in [3.05, 3.63) is 65.2 Å². The van der Waals surface area contributed by atoms with Crippen LogP contribution in [0.5, 0.6) is 0 Å². The minimum absolute atomic E-state index is 0.0749. The van der Waals surface area contributed by atoms with Gasteiger partial charge in [0.2, 0.25) is 11.7 Å². The number of hydrogen-bond acceptors (Lipinski definition) is 7. The van der Waals surface area contributed by atoms with Gasteiger partial charge in [0.15, 0.2) is 0 Å². The summed E-state index contributed by atoms with van der Waals surface area (Å²) in [4.78, 5) is 22.9. The Labute approximate surface area is 175 Å². The molecule has 2 N–H and O–H groups in total. The van der Waals surface area contributed by atoms with Gasteiger partial charge >= 0.3 is 0 Å². The molecule has 2 unspecified atom stereocenters. The Morgan fingerprint density at radius 3 is 2.68 bits per heavy atom. The van der Waals surface area contributed by atoms with Crippen LogP contribution in [0.1, 0.15) is 46.7 Å². The highest BCUT2D eigenvalue weighted by Gasteiger charge is 2.44. The third-order valence-electron chi connectivity index (χ3n) is 5.92. The van der Waals surface area contributed by atoms with Crippen LogP contribution in [0.25, 0.3) is 11.5 Å². The highest BCUT2D eigenvalue weighted by molar-refractivity contribution is 5.96. The van der Waals surface area contributed by atoms with Crippen LogP contribution in [0.4, 0.5) is 8.78 Å². The van der Waals surface area contributed by atoms with E-state index in [1.165, 1.54) is 23.1 Å². The molecule has 160 valence electrons. The Bertz CT molecular complexity index is 1140. The summed E-state index contributed by atoms with van der Waals surface area (Å²) >= 11 is 0. The molecule has 2 aliphatic heterocycles. The molecule has 1 amide bonds. The van der Waals surface area contributed by atoms with Gasteiger partial charge in [0.1, 0.15) is 29.5 Å². The molecule has 8 nitrogen and oxygen atoms in total. The van der Waals surface area contributed by atoms with Gasteiger partial charge in [-0.1, -0.05) is 5.16 Å². The zero-order valence-electron chi connectivity index (χ0n) is 16.2. The van der Waals surface area contributed by atoms with E-state index in [9.17, 15) is 23.8 Å². The maximum atomic E-state index is 13.7. The van der Waals surface area contributed by atoms with Crippen molar-refractivity contribution in [1.82, 2.24) is 20.0 Å². The lowest BCUT2D eigenvalue weighted by atomic mass is 9.88. The summed E-state index contributed by atoms with van der Waals surface area (Å²) < 4.78 is 32.2. The zero-order chi connectivity index (χ0) is 21.7. The standard InChI is InChI=1S/C21H18F2N4O4/c22-11-2-4-13-14(7-11)17(28)18(29)16-6-1-10(9-27(16)21(13)30)20-25-19(26-31-20)15-5-3-12(23)8-24-15/h2-5,7-8,10,16-18,28-29H,1,6,9H2/t10-,16-,17?,18?/m0/s1. The van der Waals surface area contributed by atoms with Crippen molar-refractivity contribution in [1.29, 1.82) is 0 Å². The molecule has 4 heterocycles. The number of amides is 1. The lowest BCUT2D eigenvalue weighted by Crippen LogP contribution is -2.51. The molecule has 0 aliphatic carbocycles. The lowest BCUT2D eigenvalue weighted by Gasteiger charge is -2.40. The molecular formula is C21H18F2N4O4. The quantitative estimate of drug-likeness (QED) is 0.644. The first-order chi connectivity index (χ1) is 14.9. The highest BCUT2D eigenvalue weighted by atomic mass is 19.1. The van der Waals surface area contributed by atoms with E-state index in [0.717, 1.165) is 18.3 Å². The van der Waals surface area contributed by atoms with Crippen molar-refractivity contribution in [3.8, 4) is 11.5 Å². The van der Waals surface area contributed by atoms with Gasteiger partial charge < -0.3 is 19.6 Å². The van der Waals surface area contributed by atoms with Gasteiger partial charge in [-0.3, -0.25) is 4.79 Å². The SMILES string of the molecule is O=C1c2ccc(F)cc2C(O)C(O)[C@@H]2CC[C@H](c3nc(-c4ccc(F)cn4)no3)CN12. The van der Waals surface area contributed by atoms with Crippen LogP contribution in [0, 0.1) is 11.6 Å². The van der Waals surface area contributed by atoms with Crippen LogP contribution in [-0.4, -0.2) is 54.8 Å². The number of carbonyl (C=O) groups is 1. The molecule has 1 fully saturated rings. The van der Waals surface area contributed by atoms with E-state index < -0.39 is 35.8 Å². The third-order valence-corrected chi connectivity index (χ3v) is 5.92. The van der Waals surface area contributed by atoms with Crippen LogP contribution in [0.15, 0.2) is 41.1 Å². The average molecular weight is 428 g/mol. The Balaban J connectivity index is 1.43. The van der Waals surface area contributed by atoms with Gasteiger partial charge in [0.05, 0.1) is 18.2 Å². The number of piperidine rings is 1. The van der Waals surface area contributed by atoms with Crippen LogP contribution in [-0.2, 0) is 0 Å². The smallest absolute Gasteiger partial charge is 0.254 e. The van der Waals surface area contributed by atoms with E-state index in [1.54, 1.807) is 0 Å². The van der Waals surface area contributed by atoms with Crippen molar-refractivity contribution < 1.29 is 28.3 Å². The number of rotatable bonds is 2. The maximum Gasteiger partial charge on any atom is 0.254 e. The Hall–Kier alpha value is -3.24. The van der Waals surface area contributed by atoms with E-state index in [0.29, 0.717) is 24.4 Å². The van der Waals surface area contributed by atoms with Gasteiger partial charge in [-0.05, 0) is 48.7 Å². The number of halogens is 2. The molecule has 0 bridgehead atoms. The molecule has 10 heteroatoms. The van der Waals surface area contributed by atoms with Crippen LogP contribution >= 0.6 is 0 Å². The van der Waals surface area contributed by atoms with Crippen molar-refractivity contribution >= 4 is 5.91 Å². The van der Waals surface area contributed by atoms with E-state index >= 15 is 0 Å². The monoisotopic (exact) mass is 428 g/mol. The van der Waals surface area contributed by atoms with Gasteiger partial charge in [-0.2, -0.15) is 4.98 Å². The second kappa shape index (κ2) is 7.47. The van der Waals surface area contributed by atoms with Crippen molar-refractivity contribution in [2.75, 3.05) is 6.54 Å². The van der Waals surface area contributed by atoms with Gasteiger partial charge in [-0.15, -0.1) is 0 Å². The fourth-order valence-electron chi connectivity index (χ4n) is 4.32. The predicted octanol–water partition coefficient (Wildman–Crippen LogP) is 2.21. The summed E-state index contributed by atoms with van der Waals surface area (Å²) in [5.41, 5.74) is 0.578. The summed E-state index contributed by atoms with van der Waals surface area (Å²) in [6.45, 7) is 0.183. The number of fused-ring (bicyclic) bond motifs is 2. The van der Waals surface area contributed by atoms with E-state index in [2.05, 4.69) is 15.1 Å². The van der Waals surface area contributed by atoms with E-state index in [1.807, 2.05) is 0 Å². The van der Waals surface area contributed by atoms with Gasteiger partial charge in [-0.25, -0.2) is 13.8 Å². The lowest BCUT2D eigenvalue weighted by molar-refractivity contribution is -0.0421. The Morgan fingerprint density at radius 1 is 1.10 bits per heavy atom. The molecule has 2 aliphatic rings. The fourth-order valence-corrected chi connectivity index (χ4v) is 4.32. The molecule has 0 radical (unpaired) electrons. The minimum Gasteiger partial charge on any atom is -0.388 e. The molecule has 4 atom stereocenters. The first-order valence-electron chi connectivity index (χ1n) is 9.84. The largest absolute Gasteiger partial charge is 0.388 e. The van der Waals surface area contributed by atoms with E-state index in [4.69, 9.17) is 4.52 Å². The minimum atomic E-state index is -1.37. The molecule has 1 aromatic carbocycles. The summed E-state index contributed by atoms with van der Waals surface area (Å²) in [5, 5.41) is 25.1. The number of benzene rings is 1. The second-order valence-corrected chi connectivity index (χ2v) is 7.78. The average Bonchev–Trinajstić information content (AvgIpc) is 3.25. The molecular weight excluding hydrogens is 410 g/mol. The number of pyridine rings is 1. The number of carbonyl (C=O) groups excluding carboxylic acids is 1. The van der Waals surface area contributed by atoms with Crippen molar-refractivity contribution in [2.45, 2.75) is 37.0 Å². The third kappa shape index (κ3) is 3.37. The highest BCUT2D eigenvalue weighted by Crippen LogP contribution is 2.38. The Morgan fingerprint density at radius 2 is 1.90 bits per heavy atom. The first-order valence-corrected chi connectivity index (χ1v) is 9.84. The maximum absolute atomic E-state index is 13.7. The molecule has 0 saturated carbocycles. The van der Waals surface area contributed by atoms with Crippen LogP contribution in [0.3, 0.4) is 0 Å². The predicted molar refractivity (Wildman–Crippen MR) is 102 cm³/mol. The molecule has 0 spiro atoms. The van der Waals surface area contributed by atoms with Crippen LogP contribution in [0.2, 0.25) is 0 Å². The number of aliphatic hydroxyl groups excluding tert-OH is 2. The summed E-state index contributed by atoms with van der Waals surface area (Å²) in [6.07, 6.45) is -0.659. The summed E-state index contributed by atoms with van der Waals surface area (Å²) in [6, 6.07) is 5.60. The topological polar surface area (TPSA) is 113 Å². The Kier molecular flexibility index (Phi) is 4.75. The normalized spacial score (nSPS) is 25.7. The second-order valence-electron chi connectivity index (χ2n) is 7.78. The molecule has 1 saturated heterocycles. The summed E-state index contributed by atoms with van der Waals surface area (Å²) in [5.74, 6) is -1.27. The van der Waals surface area contributed by atoms with Gasteiger partial charge in [0, 0.05) is 12.1 Å². The number of nitrogens with zero attached hydrogens (tertiary/aromatic N) is 4. The van der Waals surface area contributed by atoms with E-state index in [-0.39, 0.29) is 29.4 Å². The molecule has 5 rings (SSSR count). The van der Waals surface area contributed by atoms with Gasteiger partial charge in [0.25, 0.3) is 5.91 Å². The fraction of sp³-hybridized carbons (Fsp3) is 0.333. The molecule has 3 aromatic rings. The van der Waals surface area contributed by atoms with Crippen molar-refractivity contribution in [2.24, 2.45) is 0 Å². The number of aliphatic hydroxyl groups is 2. The molecule has 2 aromatic heterocycles. The van der Waals surface area contributed by atoms with Crippen LogP contribution < -0.4 is 0 Å². The van der Waals surface area contributed by atoms with Crippen molar-refractivity contribution in [3.63, 3.8) is 0 Å². The number of aromatic nitrogens is 3. The first kappa shape index (κ1) is 19.7. The zero-order valence-corrected chi connectivity index (χ0v) is 16.2. The molecule has 31 heavy (non-hydrogen) atoms. The summed E-state index contributed by atoms with van der Waals surface area (Å²) in [7, 11) is 0.